The highest BCUT2D eigenvalue weighted by Crippen LogP contribution is 2.31. The van der Waals surface area contributed by atoms with Crippen molar-refractivity contribution in [1.29, 1.82) is 0 Å². The summed E-state index contributed by atoms with van der Waals surface area (Å²) in [6.45, 7) is 2.01. The first-order chi connectivity index (χ1) is 11.3. The molecule has 2 aromatic carbocycles. The van der Waals surface area contributed by atoms with Gasteiger partial charge in [-0.15, -0.1) is 13.2 Å². The first-order valence-electron chi connectivity index (χ1n) is 7.31. The van der Waals surface area contributed by atoms with Gasteiger partial charge in [0.1, 0.15) is 5.75 Å². The van der Waals surface area contributed by atoms with Crippen LogP contribution in [0.3, 0.4) is 0 Å². The Kier molecular flexibility index (Phi) is 5.59. The zero-order chi connectivity index (χ0) is 17.7. The van der Waals surface area contributed by atoms with Crippen molar-refractivity contribution in [3.8, 4) is 5.75 Å². The molecule has 24 heavy (non-hydrogen) atoms. The molecule has 0 bridgehead atoms. The summed E-state index contributed by atoms with van der Waals surface area (Å²) in [7, 11) is 0. The summed E-state index contributed by atoms with van der Waals surface area (Å²) in [5.74, 6) is -2.71. The maximum atomic E-state index is 14.2. The van der Waals surface area contributed by atoms with Gasteiger partial charge in [0.2, 0.25) is 0 Å². The molecule has 0 N–H and O–H groups in total. The van der Waals surface area contributed by atoms with E-state index in [1.54, 1.807) is 12.1 Å². The van der Waals surface area contributed by atoms with E-state index < -0.39 is 23.8 Å². The Balaban J connectivity index is 2.21. The van der Waals surface area contributed by atoms with Crippen LogP contribution in [-0.2, 0) is 6.42 Å². The van der Waals surface area contributed by atoms with Gasteiger partial charge < -0.3 is 4.74 Å². The second kappa shape index (κ2) is 7.47. The van der Waals surface area contributed by atoms with E-state index >= 15 is 0 Å². The van der Waals surface area contributed by atoms with E-state index in [0.717, 1.165) is 42.7 Å². The molecule has 0 radical (unpaired) electrons. The summed E-state index contributed by atoms with van der Waals surface area (Å²) in [6, 6.07) is 10.3. The van der Waals surface area contributed by atoms with E-state index in [-0.39, 0.29) is 11.1 Å². The molecule has 0 saturated carbocycles. The highest BCUT2D eigenvalue weighted by Gasteiger charge is 2.31. The number of alkyl halides is 3. The Morgan fingerprint density at radius 2 is 1.29 bits per heavy atom. The van der Waals surface area contributed by atoms with E-state index in [4.69, 9.17) is 0 Å². The number of aryl methyl sites for hydroxylation is 1. The van der Waals surface area contributed by atoms with Crippen molar-refractivity contribution in [3.05, 3.63) is 65.2 Å². The van der Waals surface area contributed by atoms with Gasteiger partial charge in [-0.2, -0.15) is 0 Å². The van der Waals surface area contributed by atoms with Gasteiger partial charge in [-0.1, -0.05) is 37.6 Å². The van der Waals surface area contributed by atoms with Crippen LogP contribution in [0.1, 0.15) is 30.0 Å². The van der Waals surface area contributed by atoms with Crippen molar-refractivity contribution in [1.82, 2.24) is 0 Å². The fraction of sp³-hybridized carbons (Fsp3) is 0.222. The molecule has 2 rings (SSSR count). The first kappa shape index (κ1) is 18.0. The molecule has 1 nitrogen and oxygen atoms in total. The highest BCUT2D eigenvalue weighted by atomic mass is 19.4. The fourth-order valence-electron chi connectivity index (χ4n) is 2.16. The van der Waals surface area contributed by atoms with Crippen molar-refractivity contribution in [2.45, 2.75) is 26.1 Å². The topological polar surface area (TPSA) is 9.23 Å². The number of ether oxygens (including phenoxy) is 1. The third-order valence-corrected chi connectivity index (χ3v) is 3.28. The van der Waals surface area contributed by atoms with Gasteiger partial charge in [0.05, 0.1) is 0 Å². The molecule has 6 heteroatoms. The molecular weight excluding hydrogens is 327 g/mol. The second-order valence-corrected chi connectivity index (χ2v) is 5.15. The Bertz CT molecular complexity index is 700. The van der Waals surface area contributed by atoms with Gasteiger partial charge in [-0.05, 0) is 36.2 Å². The maximum Gasteiger partial charge on any atom is 0.573 e. The Morgan fingerprint density at radius 1 is 0.833 bits per heavy atom. The summed E-state index contributed by atoms with van der Waals surface area (Å²) >= 11 is 0. The second-order valence-electron chi connectivity index (χ2n) is 5.15. The molecule has 128 valence electrons. The third kappa shape index (κ3) is 4.81. The van der Waals surface area contributed by atoms with Crippen LogP contribution in [0.5, 0.6) is 5.75 Å². The molecule has 0 spiro atoms. The SMILES string of the molecule is CCCc1ccc(C(F)=C(F)c2ccc(OC(F)(F)F)cc2)cc1. The molecule has 0 aliphatic rings. The summed E-state index contributed by atoms with van der Waals surface area (Å²) in [5, 5.41) is 0. The van der Waals surface area contributed by atoms with Gasteiger partial charge in [0.15, 0.2) is 11.7 Å². The van der Waals surface area contributed by atoms with Crippen molar-refractivity contribution in [3.63, 3.8) is 0 Å². The summed E-state index contributed by atoms with van der Waals surface area (Å²) in [4.78, 5) is 0. The molecule has 0 aliphatic heterocycles. The predicted molar refractivity (Wildman–Crippen MR) is 82.6 cm³/mol. The first-order valence-corrected chi connectivity index (χ1v) is 7.31. The lowest BCUT2D eigenvalue weighted by Crippen LogP contribution is -2.16. The molecule has 0 saturated heterocycles. The van der Waals surface area contributed by atoms with Gasteiger partial charge in [0.25, 0.3) is 0 Å². The lowest BCUT2D eigenvalue weighted by atomic mass is 10.1. The highest BCUT2D eigenvalue weighted by molar-refractivity contribution is 5.83. The van der Waals surface area contributed by atoms with Crippen LogP contribution in [0, 0.1) is 0 Å². The van der Waals surface area contributed by atoms with Gasteiger partial charge in [0, 0.05) is 11.1 Å². The average Bonchev–Trinajstić information content (AvgIpc) is 2.54. The number of benzene rings is 2. The Morgan fingerprint density at radius 3 is 1.71 bits per heavy atom. The normalized spacial score (nSPS) is 12.8. The lowest BCUT2D eigenvalue weighted by molar-refractivity contribution is -0.274. The molecule has 0 fully saturated rings. The van der Waals surface area contributed by atoms with E-state index in [1.807, 2.05) is 6.92 Å². The van der Waals surface area contributed by atoms with E-state index in [0.29, 0.717) is 0 Å². The van der Waals surface area contributed by atoms with Crippen LogP contribution < -0.4 is 4.74 Å². The van der Waals surface area contributed by atoms with Gasteiger partial charge >= 0.3 is 6.36 Å². The van der Waals surface area contributed by atoms with Crippen LogP contribution in [0.15, 0.2) is 48.5 Å². The van der Waals surface area contributed by atoms with E-state index in [1.165, 1.54) is 12.1 Å². The molecule has 0 heterocycles. The standard InChI is InChI=1S/C18H15F5O/c1-2-3-12-4-6-13(7-5-12)16(19)17(20)14-8-10-15(11-9-14)24-18(21,22)23/h4-11H,2-3H2,1H3. The largest absolute Gasteiger partial charge is 0.573 e. The van der Waals surface area contributed by atoms with Crippen molar-refractivity contribution in [2.24, 2.45) is 0 Å². The molecular formula is C18H15F5O. The van der Waals surface area contributed by atoms with Crippen molar-refractivity contribution >= 4 is 11.7 Å². The minimum Gasteiger partial charge on any atom is -0.406 e. The molecule has 0 atom stereocenters. The monoisotopic (exact) mass is 342 g/mol. The van der Waals surface area contributed by atoms with Crippen molar-refractivity contribution in [2.75, 3.05) is 0 Å². The number of rotatable bonds is 5. The zero-order valence-electron chi connectivity index (χ0n) is 12.8. The predicted octanol–water partition coefficient (Wildman–Crippen LogP) is 6.30. The molecule has 0 aromatic heterocycles. The quantitative estimate of drug-likeness (QED) is 0.457. The lowest BCUT2D eigenvalue weighted by Gasteiger charge is -2.09. The summed E-state index contributed by atoms with van der Waals surface area (Å²) in [5.41, 5.74) is 0.922. The molecule has 2 aromatic rings. The zero-order valence-corrected chi connectivity index (χ0v) is 12.8. The molecule has 0 aliphatic carbocycles. The minimum absolute atomic E-state index is 0.0722. The summed E-state index contributed by atoms with van der Waals surface area (Å²) < 4.78 is 68.3. The average molecular weight is 342 g/mol. The minimum atomic E-state index is -4.83. The number of hydrogen-bond acceptors (Lipinski definition) is 1. The molecule has 0 amide bonds. The van der Waals surface area contributed by atoms with E-state index in [2.05, 4.69) is 4.74 Å². The third-order valence-electron chi connectivity index (χ3n) is 3.28. The fourth-order valence-corrected chi connectivity index (χ4v) is 2.16. The number of hydrogen-bond donors (Lipinski definition) is 0. The van der Waals surface area contributed by atoms with Crippen LogP contribution >= 0.6 is 0 Å². The summed E-state index contributed by atoms with van der Waals surface area (Å²) in [6.07, 6.45) is -3.05. The van der Waals surface area contributed by atoms with Crippen LogP contribution in [0.4, 0.5) is 22.0 Å². The van der Waals surface area contributed by atoms with Crippen LogP contribution in [0.25, 0.3) is 11.7 Å². The van der Waals surface area contributed by atoms with Crippen LogP contribution in [0.2, 0.25) is 0 Å². The maximum absolute atomic E-state index is 14.2. The Labute approximate surface area is 136 Å². The number of halogens is 5. The van der Waals surface area contributed by atoms with Crippen molar-refractivity contribution < 1.29 is 26.7 Å². The molecule has 0 unspecified atom stereocenters. The van der Waals surface area contributed by atoms with Crippen LogP contribution in [-0.4, -0.2) is 6.36 Å². The Hall–Kier alpha value is -2.37. The van der Waals surface area contributed by atoms with E-state index in [9.17, 15) is 22.0 Å². The van der Waals surface area contributed by atoms with Gasteiger partial charge in [-0.3, -0.25) is 0 Å². The smallest absolute Gasteiger partial charge is 0.406 e. The van der Waals surface area contributed by atoms with Gasteiger partial charge in [-0.25, -0.2) is 8.78 Å².